The van der Waals surface area contributed by atoms with E-state index in [2.05, 4.69) is 5.32 Å². The number of fused-ring (bicyclic) bond motifs is 1. The van der Waals surface area contributed by atoms with Gasteiger partial charge >= 0.3 is 0 Å². The van der Waals surface area contributed by atoms with E-state index in [0.717, 1.165) is 10.6 Å². The molecular weight excluding hydrogens is 289 g/mol. The zero-order valence-corrected chi connectivity index (χ0v) is 11.5. The number of halogens is 2. The number of aromatic hydroxyl groups is 1. The van der Waals surface area contributed by atoms with Crippen molar-refractivity contribution >= 4 is 40.7 Å². The van der Waals surface area contributed by atoms with Crippen LogP contribution in [0.15, 0.2) is 41.3 Å². The summed E-state index contributed by atoms with van der Waals surface area (Å²) in [5.74, 6) is 0.0823. The van der Waals surface area contributed by atoms with Gasteiger partial charge in [-0.05, 0) is 24.3 Å². The summed E-state index contributed by atoms with van der Waals surface area (Å²) in [6.07, 6.45) is 0. The van der Waals surface area contributed by atoms with E-state index in [4.69, 9.17) is 23.2 Å². The molecule has 0 bridgehead atoms. The van der Waals surface area contributed by atoms with Gasteiger partial charge in [0, 0.05) is 21.2 Å². The summed E-state index contributed by atoms with van der Waals surface area (Å²) in [5.41, 5.74) is 1.76. The molecule has 1 atom stereocenters. The fraction of sp³-hybridized carbons (Fsp3) is 0.0769. The van der Waals surface area contributed by atoms with Crippen LogP contribution in [0.4, 0.5) is 5.69 Å². The molecule has 0 aliphatic carbocycles. The Morgan fingerprint density at radius 2 is 1.94 bits per heavy atom. The summed E-state index contributed by atoms with van der Waals surface area (Å²) in [7, 11) is 0. The monoisotopic (exact) mass is 297 g/mol. The molecule has 3 rings (SSSR count). The van der Waals surface area contributed by atoms with E-state index >= 15 is 0 Å². The standard InChI is InChI=1S/C13H9Cl2NOS/c14-7-5-8(12(17)9(15)6-7)13-16-10-3-1-2-4-11(10)18-13/h1-6,13,16-17H. The van der Waals surface area contributed by atoms with E-state index < -0.39 is 0 Å². The first-order valence-electron chi connectivity index (χ1n) is 5.35. The van der Waals surface area contributed by atoms with Gasteiger partial charge in [-0.3, -0.25) is 0 Å². The molecule has 18 heavy (non-hydrogen) atoms. The number of rotatable bonds is 1. The minimum absolute atomic E-state index is 0.0707. The van der Waals surface area contributed by atoms with Crippen LogP contribution in [0.1, 0.15) is 10.9 Å². The first kappa shape index (κ1) is 12.0. The highest BCUT2D eigenvalue weighted by atomic mass is 35.5. The molecule has 0 aromatic heterocycles. The molecule has 0 saturated heterocycles. The van der Waals surface area contributed by atoms with E-state index in [9.17, 15) is 5.11 Å². The summed E-state index contributed by atoms with van der Waals surface area (Å²) >= 11 is 13.5. The van der Waals surface area contributed by atoms with Crippen molar-refractivity contribution in [2.75, 3.05) is 5.32 Å². The molecule has 2 aromatic carbocycles. The van der Waals surface area contributed by atoms with Crippen LogP contribution in [-0.4, -0.2) is 5.11 Å². The molecule has 0 amide bonds. The van der Waals surface area contributed by atoms with Gasteiger partial charge in [0.05, 0.1) is 5.02 Å². The van der Waals surface area contributed by atoms with E-state index in [1.807, 2.05) is 24.3 Å². The van der Waals surface area contributed by atoms with Gasteiger partial charge in [0.25, 0.3) is 0 Å². The summed E-state index contributed by atoms with van der Waals surface area (Å²) in [4.78, 5) is 1.15. The molecule has 0 saturated carbocycles. The number of thioether (sulfide) groups is 1. The lowest BCUT2D eigenvalue weighted by Crippen LogP contribution is -2.01. The smallest absolute Gasteiger partial charge is 0.140 e. The number of anilines is 1. The number of phenols is 1. The summed E-state index contributed by atoms with van der Waals surface area (Å²) in [6.45, 7) is 0. The highest BCUT2D eigenvalue weighted by molar-refractivity contribution is 8.00. The summed E-state index contributed by atoms with van der Waals surface area (Å²) in [6, 6.07) is 11.3. The highest BCUT2D eigenvalue weighted by Gasteiger charge is 2.25. The maximum absolute atomic E-state index is 10.0. The van der Waals surface area contributed by atoms with Crippen LogP contribution in [0.2, 0.25) is 10.0 Å². The predicted molar refractivity (Wildman–Crippen MR) is 76.8 cm³/mol. The van der Waals surface area contributed by atoms with Gasteiger partial charge in [-0.25, -0.2) is 0 Å². The van der Waals surface area contributed by atoms with Gasteiger partial charge in [0.2, 0.25) is 0 Å². The third-order valence-electron chi connectivity index (χ3n) is 2.76. The SMILES string of the molecule is Oc1c(Cl)cc(Cl)cc1C1Nc2ccccc2S1. The number of benzene rings is 2. The van der Waals surface area contributed by atoms with Crippen molar-refractivity contribution < 1.29 is 5.11 Å². The van der Waals surface area contributed by atoms with Crippen LogP contribution in [0.5, 0.6) is 5.75 Å². The number of hydrogen-bond acceptors (Lipinski definition) is 3. The minimum Gasteiger partial charge on any atom is -0.506 e. The summed E-state index contributed by atoms with van der Waals surface area (Å²) in [5, 5.41) is 14.1. The Balaban J connectivity index is 2.00. The van der Waals surface area contributed by atoms with Crippen molar-refractivity contribution in [2.45, 2.75) is 10.3 Å². The maximum atomic E-state index is 10.0. The molecule has 0 spiro atoms. The molecule has 2 nitrogen and oxygen atoms in total. The fourth-order valence-corrected chi connectivity index (χ4v) is 3.58. The summed E-state index contributed by atoms with van der Waals surface area (Å²) < 4.78 is 0. The fourth-order valence-electron chi connectivity index (χ4n) is 1.91. The van der Waals surface area contributed by atoms with Crippen LogP contribution in [0.3, 0.4) is 0 Å². The Morgan fingerprint density at radius 3 is 2.72 bits per heavy atom. The van der Waals surface area contributed by atoms with E-state index in [0.29, 0.717) is 10.6 Å². The largest absolute Gasteiger partial charge is 0.506 e. The first-order chi connectivity index (χ1) is 8.65. The molecular formula is C13H9Cl2NOS. The molecule has 0 radical (unpaired) electrons. The van der Waals surface area contributed by atoms with Crippen LogP contribution >= 0.6 is 35.0 Å². The third kappa shape index (κ3) is 2.03. The number of hydrogen-bond donors (Lipinski definition) is 2. The molecule has 1 aliphatic heterocycles. The Bertz CT molecular complexity index is 593. The lowest BCUT2D eigenvalue weighted by molar-refractivity contribution is 0.469. The quantitative estimate of drug-likeness (QED) is 0.784. The van der Waals surface area contributed by atoms with Gasteiger partial charge in [-0.2, -0.15) is 0 Å². The Hall–Kier alpha value is -1.03. The van der Waals surface area contributed by atoms with E-state index in [-0.39, 0.29) is 16.1 Å². The van der Waals surface area contributed by atoms with Crippen molar-refractivity contribution in [3.8, 4) is 5.75 Å². The second-order valence-electron chi connectivity index (χ2n) is 3.96. The highest BCUT2D eigenvalue weighted by Crippen LogP contribution is 2.49. The zero-order chi connectivity index (χ0) is 12.7. The number of phenolic OH excluding ortho intramolecular Hbond substituents is 1. The van der Waals surface area contributed by atoms with Crippen molar-refractivity contribution in [3.63, 3.8) is 0 Å². The average molecular weight is 298 g/mol. The van der Waals surface area contributed by atoms with Crippen LogP contribution in [-0.2, 0) is 0 Å². The maximum Gasteiger partial charge on any atom is 0.140 e. The molecule has 92 valence electrons. The van der Waals surface area contributed by atoms with Crippen LogP contribution < -0.4 is 5.32 Å². The van der Waals surface area contributed by atoms with Crippen LogP contribution in [0, 0.1) is 0 Å². The lowest BCUT2D eigenvalue weighted by Gasteiger charge is -2.14. The van der Waals surface area contributed by atoms with Crippen molar-refractivity contribution in [3.05, 3.63) is 52.0 Å². The van der Waals surface area contributed by atoms with Gasteiger partial charge in [-0.1, -0.05) is 47.1 Å². The number of para-hydroxylation sites is 1. The van der Waals surface area contributed by atoms with Crippen LogP contribution in [0.25, 0.3) is 0 Å². The van der Waals surface area contributed by atoms with Crippen molar-refractivity contribution in [1.29, 1.82) is 0 Å². The lowest BCUT2D eigenvalue weighted by atomic mass is 10.2. The van der Waals surface area contributed by atoms with Gasteiger partial charge in [0.15, 0.2) is 0 Å². The molecule has 5 heteroatoms. The van der Waals surface area contributed by atoms with Gasteiger partial charge < -0.3 is 10.4 Å². The van der Waals surface area contributed by atoms with Crippen molar-refractivity contribution in [1.82, 2.24) is 0 Å². The van der Waals surface area contributed by atoms with E-state index in [1.165, 1.54) is 6.07 Å². The Labute approximate surface area is 119 Å². The predicted octanol–water partition coefficient (Wildman–Crippen LogP) is 4.92. The number of nitrogens with one attached hydrogen (secondary N) is 1. The van der Waals surface area contributed by atoms with E-state index in [1.54, 1.807) is 17.8 Å². The second kappa shape index (κ2) is 4.57. The molecule has 1 aliphatic rings. The first-order valence-corrected chi connectivity index (χ1v) is 6.99. The Morgan fingerprint density at radius 1 is 1.17 bits per heavy atom. The molecule has 2 aromatic rings. The van der Waals surface area contributed by atoms with Gasteiger partial charge in [0.1, 0.15) is 11.1 Å². The van der Waals surface area contributed by atoms with Gasteiger partial charge in [-0.15, -0.1) is 0 Å². The molecule has 1 heterocycles. The zero-order valence-electron chi connectivity index (χ0n) is 9.15. The molecule has 1 unspecified atom stereocenters. The normalized spacial score (nSPS) is 17.3. The third-order valence-corrected chi connectivity index (χ3v) is 4.48. The Kier molecular flexibility index (Phi) is 3.06. The minimum atomic E-state index is -0.0707. The molecule has 2 N–H and O–H groups in total. The average Bonchev–Trinajstić information content (AvgIpc) is 2.77. The van der Waals surface area contributed by atoms with Crippen molar-refractivity contribution in [2.24, 2.45) is 0 Å². The second-order valence-corrected chi connectivity index (χ2v) is 5.95. The topological polar surface area (TPSA) is 32.3 Å². The molecule has 0 fully saturated rings.